The molecule has 1 N–H and O–H groups in total. The number of halogens is 1. The number of ether oxygens (including phenoxy) is 1. The highest BCUT2D eigenvalue weighted by molar-refractivity contribution is 6.30. The van der Waals surface area contributed by atoms with E-state index in [2.05, 4.69) is 10.2 Å². The molecule has 0 bridgehead atoms. The van der Waals surface area contributed by atoms with Crippen LogP contribution in [0.15, 0.2) is 24.3 Å². The van der Waals surface area contributed by atoms with E-state index in [9.17, 15) is 0 Å². The van der Waals surface area contributed by atoms with Crippen LogP contribution in [-0.4, -0.2) is 50.3 Å². The maximum atomic E-state index is 5.61. The van der Waals surface area contributed by atoms with Crippen molar-refractivity contribution in [2.45, 2.75) is 38.3 Å². The maximum absolute atomic E-state index is 5.61. The number of nitrogens with one attached hydrogen (secondary N) is 1. The normalized spacial score (nSPS) is 23.7. The average molecular weight is 311 g/mol. The summed E-state index contributed by atoms with van der Waals surface area (Å²) in [5.74, 6) is 0. The van der Waals surface area contributed by atoms with E-state index in [1.54, 1.807) is 0 Å². The smallest absolute Gasteiger partial charge is 0.0710 e. The van der Waals surface area contributed by atoms with E-state index in [0.29, 0.717) is 6.10 Å². The third-order valence-corrected chi connectivity index (χ3v) is 4.60. The Morgan fingerprint density at radius 1 is 1.14 bits per heavy atom. The van der Waals surface area contributed by atoms with Gasteiger partial charge in [0.25, 0.3) is 0 Å². The first kappa shape index (κ1) is 16.8. The molecule has 4 heteroatoms. The summed E-state index contributed by atoms with van der Waals surface area (Å²) in [7, 11) is 1.83. The van der Waals surface area contributed by atoms with Crippen LogP contribution in [0.25, 0.3) is 0 Å². The zero-order valence-corrected chi connectivity index (χ0v) is 13.9. The summed E-state index contributed by atoms with van der Waals surface area (Å²) in [4.78, 5) is 2.61. The third kappa shape index (κ3) is 5.59. The Labute approximate surface area is 133 Å². The first-order valence-corrected chi connectivity index (χ1v) is 8.26. The van der Waals surface area contributed by atoms with Gasteiger partial charge in [0.2, 0.25) is 0 Å². The molecule has 0 spiro atoms. The fourth-order valence-corrected chi connectivity index (χ4v) is 3.11. The quantitative estimate of drug-likeness (QED) is 0.908. The lowest BCUT2D eigenvalue weighted by Crippen LogP contribution is -2.42. The summed E-state index contributed by atoms with van der Waals surface area (Å²) in [5, 5.41) is 4.21. The van der Waals surface area contributed by atoms with Crippen LogP contribution in [0.5, 0.6) is 0 Å². The summed E-state index contributed by atoms with van der Waals surface area (Å²) >= 11 is 5.61. The van der Waals surface area contributed by atoms with Gasteiger partial charge in [-0.2, -0.15) is 0 Å². The summed E-state index contributed by atoms with van der Waals surface area (Å²) in [5.41, 5.74) is 1.24. The summed E-state index contributed by atoms with van der Waals surface area (Å²) in [6, 6.07) is 8.57. The van der Waals surface area contributed by atoms with Crippen LogP contribution in [0.2, 0.25) is 5.02 Å². The van der Waals surface area contributed by atoms with Crippen molar-refractivity contribution in [1.82, 2.24) is 10.2 Å². The van der Waals surface area contributed by atoms with E-state index in [4.69, 9.17) is 16.3 Å². The fraction of sp³-hybridized carbons (Fsp3) is 0.647. The fourth-order valence-electron chi connectivity index (χ4n) is 2.98. The van der Waals surface area contributed by atoms with Crippen molar-refractivity contribution in [3.63, 3.8) is 0 Å². The summed E-state index contributed by atoms with van der Waals surface area (Å²) < 4.78 is 5.37. The highest BCUT2D eigenvalue weighted by Gasteiger charge is 2.28. The Morgan fingerprint density at radius 2 is 1.81 bits per heavy atom. The van der Waals surface area contributed by atoms with Crippen molar-refractivity contribution in [2.24, 2.45) is 0 Å². The largest absolute Gasteiger partial charge is 0.380 e. The number of benzene rings is 1. The number of hydrogen-bond acceptors (Lipinski definition) is 3. The van der Waals surface area contributed by atoms with Crippen molar-refractivity contribution < 1.29 is 4.74 Å². The molecular weight excluding hydrogens is 284 g/mol. The van der Waals surface area contributed by atoms with E-state index >= 15 is 0 Å². The molecule has 2 fully saturated rings. The van der Waals surface area contributed by atoms with Gasteiger partial charge in [0.05, 0.1) is 6.10 Å². The van der Waals surface area contributed by atoms with Crippen molar-refractivity contribution in [3.8, 4) is 0 Å². The van der Waals surface area contributed by atoms with Gasteiger partial charge in [0.1, 0.15) is 0 Å². The van der Waals surface area contributed by atoms with Gasteiger partial charge in [-0.25, -0.2) is 0 Å². The van der Waals surface area contributed by atoms with Gasteiger partial charge in [-0.1, -0.05) is 29.3 Å². The van der Waals surface area contributed by atoms with Gasteiger partial charge in [-0.15, -0.1) is 0 Å². The van der Waals surface area contributed by atoms with Crippen LogP contribution >= 0.6 is 11.6 Å². The van der Waals surface area contributed by atoms with Crippen molar-refractivity contribution in [3.05, 3.63) is 34.9 Å². The van der Waals surface area contributed by atoms with Crippen LogP contribution in [0, 0.1) is 6.92 Å². The van der Waals surface area contributed by atoms with Crippen molar-refractivity contribution in [2.75, 3.05) is 33.3 Å². The van der Waals surface area contributed by atoms with Gasteiger partial charge in [0, 0.05) is 31.3 Å². The molecule has 2 aliphatic rings. The minimum absolute atomic E-state index is 0.495. The molecule has 0 radical (unpaired) electrons. The maximum Gasteiger partial charge on any atom is 0.0710 e. The molecule has 0 unspecified atom stereocenters. The van der Waals surface area contributed by atoms with Crippen molar-refractivity contribution >= 4 is 11.6 Å². The minimum atomic E-state index is 0.495. The number of likely N-dealkylation sites (tertiary alicyclic amines) is 1. The molecule has 2 heterocycles. The zero-order valence-electron chi connectivity index (χ0n) is 13.1. The molecule has 0 saturated carbocycles. The molecule has 3 nitrogen and oxygen atoms in total. The number of piperidine rings is 1. The number of nitrogens with zero attached hydrogens (tertiary/aromatic N) is 1. The Kier molecular flexibility index (Phi) is 6.97. The Morgan fingerprint density at radius 3 is 2.33 bits per heavy atom. The van der Waals surface area contributed by atoms with E-state index in [-0.39, 0.29) is 0 Å². The van der Waals surface area contributed by atoms with Crippen LogP contribution in [0.1, 0.15) is 24.8 Å². The molecule has 2 aliphatic heterocycles. The van der Waals surface area contributed by atoms with Gasteiger partial charge in [-0.3, -0.25) is 4.90 Å². The van der Waals surface area contributed by atoms with E-state index in [0.717, 1.165) is 17.6 Å². The molecule has 1 aromatic carbocycles. The number of aryl methyl sites for hydroxylation is 1. The molecule has 0 amide bonds. The number of hydrogen-bond donors (Lipinski definition) is 1. The molecule has 0 aliphatic carbocycles. The van der Waals surface area contributed by atoms with E-state index in [1.807, 2.05) is 38.3 Å². The van der Waals surface area contributed by atoms with Crippen LogP contribution in [0.4, 0.5) is 0 Å². The second-order valence-corrected chi connectivity index (χ2v) is 6.35. The molecule has 21 heavy (non-hydrogen) atoms. The van der Waals surface area contributed by atoms with Crippen LogP contribution in [0.3, 0.4) is 0 Å². The Balaban J connectivity index is 0.000000173. The van der Waals surface area contributed by atoms with E-state index < -0.39 is 0 Å². The Hall–Kier alpha value is -0.610. The highest BCUT2D eigenvalue weighted by Crippen LogP contribution is 2.19. The predicted molar refractivity (Wildman–Crippen MR) is 89.1 cm³/mol. The van der Waals surface area contributed by atoms with Gasteiger partial charge >= 0.3 is 0 Å². The third-order valence-electron chi connectivity index (χ3n) is 4.35. The molecule has 118 valence electrons. The molecule has 0 aromatic heterocycles. The van der Waals surface area contributed by atoms with E-state index in [1.165, 1.54) is 44.5 Å². The predicted octanol–water partition coefficient (Wildman–Crippen LogP) is 3.11. The molecule has 1 atom stereocenters. The topological polar surface area (TPSA) is 24.5 Å². The molecule has 2 saturated heterocycles. The second kappa shape index (κ2) is 8.74. The molecule has 3 rings (SSSR count). The lowest BCUT2D eigenvalue weighted by Gasteiger charge is -2.31. The van der Waals surface area contributed by atoms with Gasteiger partial charge in [0.15, 0.2) is 0 Å². The first-order chi connectivity index (χ1) is 10.2. The number of rotatable bonds is 2. The average Bonchev–Trinajstić information content (AvgIpc) is 3.01. The number of methoxy groups -OCH3 is 1. The highest BCUT2D eigenvalue weighted by atomic mass is 35.5. The van der Waals surface area contributed by atoms with Crippen LogP contribution in [-0.2, 0) is 4.74 Å². The molecule has 1 aromatic rings. The lowest BCUT2D eigenvalue weighted by molar-refractivity contribution is 0.0965. The van der Waals surface area contributed by atoms with Crippen molar-refractivity contribution in [1.29, 1.82) is 0 Å². The SMILES string of the molecule is CO[C@H]1CCN(C2CCNCC2)C1.Cc1ccc(Cl)cc1. The molecular formula is C17H27ClN2O. The zero-order chi connectivity index (χ0) is 15.1. The lowest BCUT2D eigenvalue weighted by atomic mass is 10.1. The monoisotopic (exact) mass is 310 g/mol. The van der Waals surface area contributed by atoms with Gasteiger partial charge < -0.3 is 10.1 Å². The standard InChI is InChI=1S/C10H20N2O.C7H7Cl/c1-13-10-4-7-12(8-10)9-2-5-11-6-3-9;1-6-2-4-7(8)5-3-6/h9-11H,2-8H2,1H3;2-5H,1H3/t10-;/m0./s1. The Bertz CT molecular complexity index is 383. The van der Waals surface area contributed by atoms with Crippen LogP contribution < -0.4 is 5.32 Å². The minimum Gasteiger partial charge on any atom is -0.380 e. The summed E-state index contributed by atoms with van der Waals surface area (Å²) in [6.45, 7) is 6.82. The first-order valence-electron chi connectivity index (χ1n) is 7.89. The van der Waals surface area contributed by atoms with Gasteiger partial charge in [-0.05, 0) is 51.4 Å². The second-order valence-electron chi connectivity index (χ2n) is 5.92. The summed E-state index contributed by atoms with van der Waals surface area (Å²) in [6.07, 6.45) is 4.35.